The zero-order valence-corrected chi connectivity index (χ0v) is 34.8. The maximum absolute atomic E-state index is 13.8. The van der Waals surface area contributed by atoms with Crippen molar-refractivity contribution in [1.82, 2.24) is 10.6 Å². The summed E-state index contributed by atoms with van der Waals surface area (Å²) in [5.41, 5.74) is 1.22. The van der Waals surface area contributed by atoms with Gasteiger partial charge in [0.1, 0.15) is 6.10 Å². The third kappa shape index (κ3) is 7.16. The summed E-state index contributed by atoms with van der Waals surface area (Å²) in [5, 5.41) is 16.2. The van der Waals surface area contributed by atoms with Crippen LogP contribution in [0.1, 0.15) is 166 Å². The third-order valence-corrected chi connectivity index (χ3v) is 16.9. The van der Waals surface area contributed by atoms with Gasteiger partial charge in [-0.2, -0.15) is 0 Å². The SMILES string of the molecule is C=C(C)[C@@H]1CC[C@]2(CC(=O)NC3CCNCC3)CC[C@]3(C)[C@H](CCC4[C@@]5(C)CCC(OC(=O)CC(C)(C)CC(=O)O)C(C)(C)C5CC[C@]43C)C12.CC. The molecule has 0 aromatic heterocycles. The van der Waals surface area contributed by atoms with Crippen molar-refractivity contribution in [1.29, 1.82) is 0 Å². The highest BCUT2D eigenvalue weighted by Gasteiger charge is 2.71. The van der Waals surface area contributed by atoms with Gasteiger partial charge in [0.2, 0.25) is 5.91 Å². The van der Waals surface area contributed by atoms with Gasteiger partial charge in [-0.05, 0) is 154 Å². The van der Waals surface area contributed by atoms with Crippen molar-refractivity contribution in [2.24, 2.45) is 62.1 Å². The molecule has 7 heteroatoms. The van der Waals surface area contributed by atoms with Crippen molar-refractivity contribution in [3.63, 3.8) is 0 Å². The van der Waals surface area contributed by atoms with Crippen molar-refractivity contribution in [3.05, 3.63) is 12.2 Å². The molecular weight excluding hydrogens is 649 g/mol. The average molecular weight is 725 g/mol. The van der Waals surface area contributed by atoms with Gasteiger partial charge in [0.05, 0.1) is 12.8 Å². The number of nitrogens with one attached hydrogen (secondary N) is 2. The Hall–Kier alpha value is -1.89. The van der Waals surface area contributed by atoms with Gasteiger partial charge < -0.3 is 20.5 Å². The molecule has 0 spiro atoms. The van der Waals surface area contributed by atoms with Crippen molar-refractivity contribution in [3.8, 4) is 0 Å². The van der Waals surface area contributed by atoms with Crippen LogP contribution < -0.4 is 10.6 Å². The summed E-state index contributed by atoms with van der Waals surface area (Å²) < 4.78 is 6.28. The summed E-state index contributed by atoms with van der Waals surface area (Å²) in [6.07, 6.45) is 14.1. The number of fused-ring (bicyclic) bond motifs is 7. The molecule has 6 aliphatic rings. The van der Waals surface area contributed by atoms with Crippen LogP contribution in [-0.4, -0.2) is 48.2 Å². The van der Waals surface area contributed by atoms with E-state index in [1.165, 1.54) is 37.7 Å². The summed E-state index contributed by atoms with van der Waals surface area (Å²) in [7, 11) is 0. The minimum atomic E-state index is -0.880. The molecule has 6 fully saturated rings. The van der Waals surface area contributed by atoms with Crippen LogP contribution in [0.2, 0.25) is 0 Å². The van der Waals surface area contributed by atoms with Crippen LogP contribution in [0.15, 0.2) is 12.2 Å². The fourth-order valence-electron chi connectivity index (χ4n) is 14.4. The van der Waals surface area contributed by atoms with E-state index in [9.17, 15) is 19.5 Å². The van der Waals surface area contributed by atoms with Crippen molar-refractivity contribution in [2.45, 2.75) is 178 Å². The Bertz CT molecular complexity index is 1350. The van der Waals surface area contributed by atoms with Crippen LogP contribution in [-0.2, 0) is 19.1 Å². The average Bonchev–Trinajstić information content (AvgIpc) is 3.43. The first kappa shape index (κ1) is 41.3. The summed E-state index contributed by atoms with van der Waals surface area (Å²) in [4.78, 5) is 38.4. The third-order valence-electron chi connectivity index (χ3n) is 16.9. The van der Waals surface area contributed by atoms with Gasteiger partial charge in [0, 0.05) is 17.9 Å². The molecule has 1 aliphatic heterocycles. The van der Waals surface area contributed by atoms with Gasteiger partial charge in [-0.3, -0.25) is 14.4 Å². The zero-order valence-electron chi connectivity index (χ0n) is 34.8. The lowest BCUT2D eigenvalue weighted by Gasteiger charge is -2.73. The topological polar surface area (TPSA) is 105 Å². The Morgan fingerprint density at radius 2 is 1.50 bits per heavy atom. The summed E-state index contributed by atoms with van der Waals surface area (Å²) in [6, 6.07) is 0.308. The maximum Gasteiger partial charge on any atom is 0.306 e. The molecule has 296 valence electrons. The lowest BCUT2D eigenvalue weighted by Crippen LogP contribution is -2.67. The summed E-state index contributed by atoms with van der Waals surface area (Å²) in [6.45, 7) is 29.1. The quantitative estimate of drug-likeness (QED) is 0.162. The number of carbonyl (C=O) groups is 3. The highest BCUT2D eigenvalue weighted by molar-refractivity contribution is 5.77. The second-order valence-electron chi connectivity index (χ2n) is 20.6. The molecule has 10 atom stereocenters. The molecule has 0 aromatic rings. The standard InChI is InChI=1S/C43H70N2O5.C2H6/c1-27(2)29-12-19-43(24-34(46)45-28-15-22-44-23-16-28)21-20-41(8)30(37(29)43)10-11-32-40(7)17-14-33(39(5,6)31(40)13-18-42(32,41)9)50-36(49)26-38(3,4)25-35(47)48;1-2/h28-33,37,44H,1,10-26H2,2-9H3,(H,45,46)(H,47,48);1-2H3/t29-,30+,31?,32?,33?,37?,40-,41+,42+,43+;/m0./s1. The van der Waals surface area contributed by atoms with Crippen LogP contribution in [0, 0.1) is 62.1 Å². The first-order chi connectivity index (χ1) is 24.3. The van der Waals surface area contributed by atoms with Gasteiger partial charge in [-0.1, -0.05) is 74.5 Å². The molecule has 1 heterocycles. The van der Waals surface area contributed by atoms with E-state index < -0.39 is 11.4 Å². The fraction of sp³-hybridized carbons (Fsp3) is 0.889. The fourth-order valence-corrected chi connectivity index (χ4v) is 14.4. The molecule has 0 bridgehead atoms. The number of carbonyl (C=O) groups excluding carboxylic acids is 2. The van der Waals surface area contributed by atoms with Crippen LogP contribution in [0.3, 0.4) is 0 Å². The molecule has 1 amide bonds. The molecule has 4 unspecified atom stereocenters. The Labute approximate surface area is 317 Å². The van der Waals surface area contributed by atoms with Crippen LogP contribution in [0.4, 0.5) is 0 Å². The van der Waals surface area contributed by atoms with E-state index in [-0.39, 0.29) is 57.9 Å². The number of hydrogen-bond acceptors (Lipinski definition) is 5. The van der Waals surface area contributed by atoms with E-state index in [1.807, 2.05) is 27.7 Å². The van der Waals surface area contributed by atoms with Crippen LogP contribution >= 0.6 is 0 Å². The number of esters is 1. The summed E-state index contributed by atoms with van der Waals surface area (Å²) in [5.74, 6) is 1.85. The minimum absolute atomic E-state index is 0.0441. The minimum Gasteiger partial charge on any atom is -0.481 e. The van der Waals surface area contributed by atoms with Gasteiger partial charge >= 0.3 is 11.9 Å². The molecule has 5 aliphatic carbocycles. The van der Waals surface area contributed by atoms with Gasteiger partial charge in [0.25, 0.3) is 0 Å². The van der Waals surface area contributed by atoms with Gasteiger partial charge in [-0.25, -0.2) is 0 Å². The summed E-state index contributed by atoms with van der Waals surface area (Å²) >= 11 is 0. The molecule has 0 radical (unpaired) electrons. The van der Waals surface area contributed by atoms with E-state index in [0.717, 1.165) is 58.0 Å². The van der Waals surface area contributed by atoms with Crippen LogP contribution in [0.5, 0.6) is 0 Å². The largest absolute Gasteiger partial charge is 0.481 e. The molecular formula is C45H76N2O5. The van der Waals surface area contributed by atoms with E-state index in [2.05, 4.69) is 58.8 Å². The predicted octanol–water partition coefficient (Wildman–Crippen LogP) is 9.73. The number of piperidine rings is 1. The van der Waals surface area contributed by atoms with Crippen molar-refractivity contribution < 1.29 is 24.2 Å². The number of rotatable bonds is 9. The monoisotopic (exact) mass is 725 g/mol. The van der Waals surface area contributed by atoms with Gasteiger partial charge in [-0.15, -0.1) is 0 Å². The first-order valence-electron chi connectivity index (χ1n) is 21.3. The number of hydrogen-bond donors (Lipinski definition) is 3. The number of ether oxygens (including phenoxy) is 1. The lowest BCUT2D eigenvalue weighted by molar-refractivity contribution is -0.250. The van der Waals surface area contributed by atoms with E-state index in [0.29, 0.717) is 42.1 Å². The smallest absolute Gasteiger partial charge is 0.306 e. The molecule has 1 saturated heterocycles. The Morgan fingerprint density at radius 3 is 2.13 bits per heavy atom. The number of carboxylic acid groups (broad SMARTS) is 1. The van der Waals surface area contributed by atoms with E-state index in [1.54, 1.807) is 0 Å². The maximum atomic E-state index is 13.8. The van der Waals surface area contributed by atoms with Crippen molar-refractivity contribution >= 4 is 17.8 Å². The molecule has 3 N–H and O–H groups in total. The lowest BCUT2D eigenvalue weighted by atomic mass is 9.32. The Morgan fingerprint density at radius 1 is 0.827 bits per heavy atom. The second-order valence-corrected chi connectivity index (χ2v) is 20.6. The molecule has 52 heavy (non-hydrogen) atoms. The predicted molar refractivity (Wildman–Crippen MR) is 209 cm³/mol. The van der Waals surface area contributed by atoms with Crippen molar-refractivity contribution in [2.75, 3.05) is 13.1 Å². The Kier molecular flexibility index (Phi) is 11.9. The first-order valence-corrected chi connectivity index (χ1v) is 21.3. The highest BCUT2D eigenvalue weighted by Crippen LogP contribution is 2.78. The normalized spacial score (nSPS) is 41.1. The molecule has 5 saturated carbocycles. The van der Waals surface area contributed by atoms with E-state index in [4.69, 9.17) is 4.74 Å². The number of carboxylic acids is 1. The molecule has 6 rings (SSSR count). The molecule has 0 aromatic carbocycles. The number of allylic oxidation sites excluding steroid dienone is 1. The zero-order chi connectivity index (χ0) is 38.5. The second kappa shape index (κ2) is 15.0. The molecule has 7 nitrogen and oxygen atoms in total. The Balaban J connectivity index is 0.00000257. The van der Waals surface area contributed by atoms with E-state index >= 15 is 0 Å². The van der Waals surface area contributed by atoms with Gasteiger partial charge in [0.15, 0.2) is 0 Å². The number of aliphatic carboxylic acids is 1. The van der Waals surface area contributed by atoms with Crippen LogP contribution in [0.25, 0.3) is 0 Å². The highest BCUT2D eigenvalue weighted by atomic mass is 16.5. The number of amides is 1.